The summed E-state index contributed by atoms with van der Waals surface area (Å²) in [6.45, 7) is 0. The van der Waals surface area contributed by atoms with Gasteiger partial charge in [0.2, 0.25) is 5.95 Å². The summed E-state index contributed by atoms with van der Waals surface area (Å²) in [5.74, 6) is 1.79. The molecule has 0 radical (unpaired) electrons. The lowest BCUT2D eigenvalue weighted by molar-refractivity contribution is 0.953. The molecule has 0 aliphatic rings. The molecule has 5 heteroatoms. The SMILES string of the molecule is c1ccc(-c2ccc3c(c2)c2ccccc2n3-c2nc(-c3ccccc3)nc(-c3cccc(-c4cccc(N(c5ccccc5)c5ccccc5)c4)c3)n2)cc1. The van der Waals surface area contributed by atoms with E-state index in [9.17, 15) is 0 Å². The van der Waals surface area contributed by atoms with Gasteiger partial charge < -0.3 is 4.90 Å². The number of rotatable bonds is 8. The second-order valence-corrected chi connectivity index (χ2v) is 13.7. The van der Waals surface area contributed by atoms with E-state index in [1.165, 1.54) is 11.1 Å². The monoisotopic (exact) mass is 717 g/mol. The van der Waals surface area contributed by atoms with Crippen LogP contribution in [-0.2, 0) is 0 Å². The van der Waals surface area contributed by atoms with Crippen molar-refractivity contribution in [1.82, 2.24) is 19.5 Å². The Hall–Kier alpha value is -7.63. The fourth-order valence-electron chi connectivity index (χ4n) is 7.57. The predicted molar refractivity (Wildman–Crippen MR) is 231 cm³/mol. The number of hydrogen-bond donors (Lipinski definition) is 0. The average Bonchev–Trinajstić information content (AvgIpc) is 3.62. The maximum absolute atomic E-state index is 5.24. The van der Waals surface area contributed by atoms with Gasteiger partial charge in [-0.15, -0.1) is 0 Å². The molecule has 0 amide bonds. The molecule has 0 bridgehead atoms. The zero-order valence-corrected chi connectivity index (χ0v) is 30.4. The summed E-state index contributed by atoms with van der Waals surface area (Å²) in [7, 11) is 0. The van der Waals surface area contributed by atoms with Gasteiger partial charge in [0, 0.05) is 39.0 Å². The molecule has 0 spiro atoms. The number of fused-ring (bicyclic) bond motifs is 3. The van der Waals surface area contributed by atoms with E-state index in [0.717, 1.165) is 61.1 Å². The molecule has 2 heterocycles. The van der Waals surface area contributed by atoms with Crippen molar-refractivity contribution in [3.05, 3.63) is 212 Å². The molecule has 0 N–H and O–H groups in total. The van der Waals surface area contributed by atoms with E-state index in [1.54, 1.807) is 0 Å². The molecule has 0 fully saturated rings. The lowest BCUT2D eigenvalue weighted by Gasteiger charge is -2.26. The molecule has 2 aromatic heterocycles. The van der Waals surface area contributed by atoms with Crippen molar-refractivity contribution in [3.8, 4) is 51.0 Å². The number of aromatic nitrogens is 4. The van der Waals surface area contributed by atoms with Crippen LogP contribution in [0.25, 0.3) is 72.8 Å². The lowest BCUT2D eigenvalue weighted by atomic mass is 10.0. The highest BCUT2D eigenvalue weighted by Crippen LogP contribution is 2.38. The molecule has 0 atom stereocenters. The second kappa shape index (κ2) is 14.3. The third-order valence-electron chi connectivity index (χ3n) is 10.2. The van der Waals surface area contributed by atoms with Crippen LogP contribution in [0, 0.1) is 0 Å². The molecular weight excluding hydrogens is 683 g/mol. The zero-order valence-electron chi connectivity index (χ0n) is 30.4. The first-order valence-corrected chi connectivity index (χ1v) is 18.8. The minimum atomic E-state index is 0.571. The van der Waals surface area contributed by atoms with E-state index in [2.05, 4.69) is 179 Å². The first-order chi connectivity index (χ1) is 27.8. The van der Waals surface area contributed by atoms with Crippen molar-refractivity contribution < 1.29 is 0 Å². The Bertz CT molecular complexity index is 2920. The van der Waals surface area contributed by atoms with E-state index in [4.69, 9.17) is 15.0 Å². The Morgan fingerprint density at radius 1 is 0.304 bits per heavy atom. The van der Waals surface area contributed by atoms with Crippen LogP contribution >= 0.6 is 0 Å². The van der Waals surface area contributed by atoms with Crippen LogP contribution in [0.4, 0.5) is 17.1 Å². The predicted octanol–water partition coefficient (Wildman–Crippen LogP) is 13.1. The van der Waals surface area contributed by atoms with Crippen molar-refractivity contribution in [2.45, 2.75) is 0 Å². The van der Waals surface area contributed by atoms with E-state index in [1.807, 2.05) is 42.5 Å². The number of anilines is 3. The highest BCUT2D eigenvalue weighted by molar-refractivity contribution is 6.10. The second-order valence-electron chi connectivity index (χ2n) is 13.7. The van der Waals surface area contributed by atoms with Gasteiger partial charge in [-0.3, -0.25) is 4.57 Å². The molecule has 264 valence electrons. The number of hydrogen-bond acceptors (Lipinski definition) is 4. The molecule has 0 saturated heterocycles. The molecule has 0 aliphatic carbocycles. The van der Waals surface area contributed by atoms with E-state index in [-0.39, 0.29) is 0 Å². The molecule has 5 nitrogen and oxygen atoms in total. The van der Waals surface area contributed by atoms with Crippen molar-refractivity contribution in [2.24, 2.45) is 0 Å². The van der Waals surface area contributed by atoms with Crippen LogP contribution in [0.15, 0.2) is 212 Å². The zero-order chi connectivity index (χ0) is 37.3. The molecule has 10 aromatic rings. The molecule has 0 unspecified atom stereocenters. The quantitative estimate of drug-likeness (QED) is 0.157. The van der Waals surface area contributed by atoms with Crippen LogP contribution in [0.3, 0.4) is 0 Å². The smallest absolute Gasteiger partial charge is 0.238 e. The van der Waals surface area contributed by atoms with Crippen molar-refractivity contribution in [3.63, 3.8) is 0 Å². The van der Waals surface area contributed by atoms with Crippen molar-refractivity contribution >= 4 is 38.9 Å². The summed E-state index contributed by atoms with van der Waals surface area (Å²) in [6, 6.07) is 73.9. The summed E-state index contributed by atoms with van der Waals surface area (Å²) in [4.78, 5) is 17.8. The Morgan fingerprint density at radius 2 is 0.786 bits per heavy atom. The summed E-state index contributed by atoms with van der Waals surface area (Å²) < 4.78 is 2.17. The minimum Gasteiger partial charge on any atom is -0.310 e. The standard InChI is InChI=1S/C51H35N5/c1-5-17-36(18-6-1)40-31-32-48-46(35-40)45-29-13-14-30-47(45)56(48)51-53-49(37-19-7-2-8-20-37)52-50(54-51)41-23-15-21-38(33-41)39-22-16-28-44(34-39)55(42-24-9-3-10-25-42)43-26-11-4-12-27-43/h1-35H. The van der Waals surface area contributed by atoms with Gasteiger partial charge in [0.05, 0.1) is 11.0 Å². The Balaban J connectivity index is 1.11. The molecule has 0 aliphatic heterocycles. The van der Waals surface area contributed by atoms with Crippen molar-refractivity contribution in [1.29, 1.82) is 0 Å². The lowest BCUT2D eigenvalue weighted by Crippen LogP contribution is -2.09. The van der Waals surface area contributed by atoms with Gasteiger partial charge in [-0.2, -0.15) is 9.97 Å². The maximum Gasteiger partial charge on any atom is 0.238 e. The van der Waals surface area contributed by atoms with Crippen LogP contribution < -0.4 is 4.90 Å². The fourth-order valence-corrected chi connectivity index (χ4v) is 7.57. The summed E-state index contributed by atoms with van der Waals surface area (Å²) >= 11 is 0. The van der Waals surface area contributed by atoms with Crippen LogP contribution in [0.5, 0.6) is 0 Å². The number of benzene rings is 8. The molecule has 10 rings (SSSR count). The number of nitrogens with zero attached hydrogens (tertiary/aromatic N) is 5. The highest BCUT2D eigenvalue weighted by Gasteiger charge is 2.19. The summed E-state index contributed by atoms with van der Waals surface area (Å²) in [6.07, 6.45) is 0. The topological polar surface area (TPSA) is 46.8 Å². The van der Waals surface area contributed by atoms with E-state index in [0.29, 0.717) is 17.6 Å². The third-order valence-corrected chi connectivity index (χ3v) is 10.2. The van der Waals surface area contributed by atoms with Crippen LogP contribution in [0.1, 0.15) is 0 Å². The first-order valence-electron chi connectivity index (χ1n) is 18.8. The Labute approximate surface area is 325 Å². The van der Waals surface area contributed by atoms with Gasteiger partial charge in [-0.05, 0) is 82.9 Å². The third kappa shape index (κ3) is 6.17. The highest BCUT2D eigenvalue weighted by atomic mass is 15.2. The normalized spacial score (nSPS) is 11.2. The maximum atomic E-state index is 5.24. The van der Waals surface area contributed by atoms with Crippen LogP contribution in [0.2, 0.25) is 0 Å². The molecular formula is C51H35N5. The van der Waals surface area contributed by atoms with Crippen LogP contribution in [-0.4, -0.2) is 19.5 Å². The molecule has 56 heavy (non-hydrogen) atoms. The van der Waals surface area contributed by atoms with Gasteiger partial charge in [0.1, 0.15) is 0 Å². The Kier molecular flexibility index (Phi) is 8.43. The molecule has 0 saturated carbocycles. The van der Waals surface area contributed by atoms with Crippen molar-refractivity contribution in [2.75, 3.05) is 4.90 Å². The summed E-state index contributed by atoms with van der Waals surface area (Å²) in [5, 5.41) is 2.29. The first kappa shape index (κ1) is 33.0. The van der Waals surface area contributed by atoms with Gasteiger partial charge in [0.15, 0.2) is 11.6 Å². The van der Waals surface area contributed by atoms with Gasteiger partial charge in [-0.25, -0.2) is 4.98 Å². The fraction of sp³-hybridized carbons (Fsp3) is 0. The average molecular weight is 718 g/mol. The largest absolute Gasteiger partial charge is 0.310 e. The van der Waals surface area contributed by atoms with Gasteiger partial charge in [0.25, 0.3) is 0 Å². The Morgan fingerprint density at radius 3 is 1.48 bits per heavy atom. The van der Waals surface area contributed by atoms with E-state index >= 15 is 0 Å². The van der Waals surface area contributed by atoms with E-state index < -0.39 is 0 Å². The number of para-hydroxylation sites is 3. The van der Waals surface area contributed by atoms with Gasteiger partial charge in [-0.1, -0.05) is 152 Å². The molecule has 8 aromatic carbocycles. The minimum absolute atomic E-state index is 0.571. The summed E-state index contributed by atoms with van der Waals surface area (Å²) in [5.41, 5.74) is 11.7. The van der Waals surface area contributed by atoms with Gasteiger partial charge >= 0.3 is 0 Å².